The average molecular weight is 466 g/mol. The van der Waals surface area contributed by atoms with Gasteiger partial charge in [0.05, 0.1) is 30.8 Å². The lowest BCUT2D eigenvalue weighted by Crippen LogP contribution is -2.44. The molecular weight excluding hydrogens is 433 g/mol. The van der Waals surface area contributed by atoms with E-state index in [0.29, 0.717) is 18.7 Å². The van der Waals surface area contributed by atoms with Gasteiger partial charge in [0, 0.05) is 50.7 Å². The van der Waals surface area contributed by atoms with Crippen LogP contribution in [0.3, 0.4) is 0 Å². The van der Waals surface area contributed by atoms with E-state index >= 15 is 0 Å². The van der Waals surface area contributed by atoms with E-state index in [4.69, 9.17) is 9.72 Å². The Morgan fingerprint density at radius 2 is 1.76 bits per heavy atom. The lowest BCUT2D eigenvalue weighted by atomic mass is 9.96. The first-order valence-corrected chi connectivity index (χ1v) is 12.2. The molecule has 0 radical (unpaired) electrons. The smallest absolute Gasteiger partial charge is 0.223 e. The molecule has 8 heteroatoms. The zero-order valence-corrected chi connectivity index (χ0v) is 19.5. The molecule has 1 N–H and O–H groups in total. The molecule has 7 nitrogen and oxygen atoms in total. The largest absolute Gasteiger partial charge is 0.379 e. The maximum atomic E-state index is 14.4. The summed E-state index contributed by atoms with van der Waals surface area (Å²) in [7, 11) is 0. The number of hydrogen-bond acceptors (Lipinski definition) is 5. The van der Waals surface area contributed by atoms with Crippen LogP contribution in [0.15, 0.2) is 48.5 Å². The lowest BCUT2D eigenvalue weighted by molar-refractivity contribution is -0.125. The second kappa shape index (κ2) is 10.5. The number of morpholine rings is 1. The van der Waals surface area contributed by atoms with Gasteiger partial charge in [-0.15, -0.1) is 0 Å². The van der Waals surface area contributed by atoms with Crippen molar-refractivity contribution in [3.63, 3.8) is 0 Å². The van der Waals surface area contributed by atoms with Gasteiger partial charge in [0.2, 0.25) is 11.9 Å². The third kappa shape index (κ3) is 5.08. The number of nitrogens with one attached hydrogen (secondary N) is 1. The Kier molecular flexibility index (Phi) is 7.06. The number of imidazole rings is 1. The quantitative estimate of drug-likeness (QED) is 0.582. The van der Waals surface area contributed by atoms with Gasteiger partial charge >= 0.3 is 0 Å². The number of rotatable bonds is 7. The molecule has 2 saturated heterocycles. The molecule has 0 unspecified atom stereocenters. The number of benzene rings is 2. The fourth-order valence-corrected chi connectivity index (χ4v) is 4.91. The fraction of sp³-hybridized carbons (Fsp3) is 0.462. The predicted molar refractivity (Wildman–Crippen MR) is 130 cm³/mol. The number of carbonyl (C=O) groups excluding carboxylic acids is 1. The van der Waals surface area contributed by atoms with Crippen molar-refractivity contribution in [3.8, 4) is 0 Å². The predicted octanol–water partition coefficient (Wildman–Crippen LogP) is 2.89. The van der Waals surface area contributed by atoms with Crippen LogP contribution in [-0.4, -0.2) is 72.8 Å². The van der Waals surface area contributed by atoms with Crippen LogP contribution in [0.4, 0.5) is 10.3 Å². The first-order valence-electron chi connectivity index (χ1n) is 12.2. The van der Waals surface area contributed by atoms with Crippen molar-refractivity contribution in [2.75, 3.05) is 57.4 Å². The summed E-state index contributed by atoms with van der Waals surface area (Å²) in [5.41, 5.74) is 2.53. The summed E-state index contributed by atoms with van der Waals surface area (Å²) in [6.07, 6.45) is 1.57. The fourth-order valence-electron chi connectivity index (χ4n) is 4.91. The number of halogens is 1. The minimum absolute atomic E-state index is 0.0188. The van der Waals surface area contributed by atoms with Gasteiger partial charge in [-0.25, -0.2) is 9.37 Å². The third-order valence-corrected chi connectivity index (χ3v) is 6.90. The summed E-state index contributed by atoms with van der Waals surface area (Å²) in [4.78, 5) is 22.2. The van der Waals surface area contributed by atoms with Crippen molar-refractivity contribution >= 4 is 22.9 Å². The van der Waals surface area contributed by atoms with Gasteiger partial charge in [0.1, 0.15) is 5.82 Å². The molecule has 0 saturated carbocycles. The molecule has 1 amide bonds. The summed E-state index contributed by atoms with van der Waals surface area (Å²) in [6.45, 7) is 6.88. The van der Waals surface area contributed by atoms with Crippen molar-refractivity contribution in [3.05, 3.63) is 59.9 Å². The molecule has 3 heterocycles. The van der Waals surface area contributed by atoms with E-state index in [9.17, 15) is 9.18 Å². The molecule has 3 aromatic rings. The molecule has 0 spiro atoms. The number of carbonyl (C=O) groups is 1. The first-order chi connectivity index (χ1) is 16.7. The third-order valence-electron chi connectivity index (χ3n) is 6.90. The van der Waals surface area contributed by atoms with E-state index < -0.39 is 0 Å². The van der Waals surface area contributed by atoms with Crippen molar-refractivity contribution in [1.29, 1.82) is 0 Å². The number of hydrogen-bond donors (Lipinski definition) is 1. The second-order valence-electron chi connectivity index (χ2n) is 9.08. The molecule has 0 aliphatic carbocycles. The van der Waals surface area contributed by atoms with E-state index in [-0.39, 0.29) is 17.6 Å². The number of ether oxygens (including phenoxy) is 1. The molecule has 2 aliphatic heterocycles. The summed E-state index contributed by atoms with van der Waals surface area (Å²) in [5, 5.41) is 3.12. The van der Waals surface area contributed by atoms with E-state index in [0.717, 1.165) is 75.8 Å². The lowest BCUT2D eigenvalue weighted by Gasteiger charge is -2.32. The average Bonchev–Trinajstić information content (AvgIpc) is 3.24. The van der Waals surface area contributed by atoms with Crippen LogP contribution in [-0.2, 0) is 16.1 Å². The SMILES string of the molecule is O=C(NCCN1CCOCC1)C1CCN(c2nc3ccccc3n2Cc2ccccc2F)CC1. The molecular formula is C26H32FN5O2. The number of piperidine rings is 1. The molecule has 5 rings (SSSR count). The molecule has 34 heavy (non-hydrogen) atoms. The van der Waals surface area contributed by atoms with E-state index in [1.54, 1.807) is 6.07 Å². The summed E-state index contributed by atoms with van der Waals surface area (Å²) in [6, 6.07) is 14.9. The van der Waals surface area contributed by atoms with E-state index in [1.165, 1.54) is 6.07 Å². The zero-order chi connectivity index (χ0) is 23.3. The molecule has 2 fully saturated rings. The number of anilines is 1. The Morgan fingerprint density at radius 1 is 1.03 bits per heavy atom. The van der Waals surface area contributed by atoms with Crippen molar-refractivity contribution in [2.45, 2.75) is 19.4 Å². The molecule has 0 atom stereocenters. The standard InChI is InChI=1S/C26H32FN5O2/c27-22-6-2-1-5-21(22)19-32-24-8-4-3-7-23(24)29-26(32)31-12-9-20(10-13-31)25(33)28-11-14-30-15-17-34-18-16-30/h1-8,20H,9-19H2,(H,28,33). The van der Waals surface area contributed by atoms with Gasteiger partial charge in [-0.3, -0.25) is 9.69 Å². The van der Waals surface area contributed by atoms with Crippen molar-refractivity contribution in [2.24, 2.45) is 5.92 Å². The second-order valence-corrected chi connectivity index (χ2v) is 9.08. The zero-order valence-electron chi connectivity index (χ0n) is 19.5. The van der Waals surface area contributed by atoms with Gasteiger partial charge < -0.3 is 19.5 Å². The van der Waals surface area contributed by atoms with Crippen molar-refractivity contribution < 1.29 is 13.9 Å². The van der Waals surface area contributed by atoms with Gasteiger partial charge in [-0.1, -0.05) is 30.3 Å². The minimum atomic E-state index is -0.210. The van der Waals surface area contributed by atoms with Crippen LogP contribution >= 0.6 is 0 Å². The Bertz CT molecular complexity index is 1120. The highest BCUT2D eigenvalue weighted by molar-refractivity contribution is 5.80. The monoisotopic (exact) mass is 465 g/mol. The molecule has 1 aromatic heterocycles. The van der Waals surface area contributed by atoms with Crippen LogP contribution in [0, 0.1) is 11.7 Å². The summed E-state index contributed by atoms with van der Waals surface area (Å²) < 4.78 is 21.9. The van der Waals surface area contributed by atoms with Gasteiger partial charge in [-0.2, -0.15) is 0 Å². The minimum Gasteiger partial charge on any atom is -0.379 e. The van der Waals surface area contributed by atoms with Crippen molar-refractivity contribution in [1.82, 2.24) is 19.8 Å². The number of fused-ring (bicyclic) bond motifs is 1. The van der Waals surface area contributed by atoms with Crippen LogP contribution in [0.2, 0.25) is 0 Å². The Labute approximate surface area is 199 Å². The highest BCUT2D eigenvalue weighted by Gasteiger charge is 2.28. The Morgan fingerprint density at radius 3 is 2.56 bits per heavy atom. The van der Waals surface area contributed by atoms with Crippen LogP contribution in [0.1, 0.15) is 18.4 Å². The molecule has 180 valence electrons. The van der Waals surface area contributed by atoms with Gasteiger partial charge in [0.25, 0.3) is 0 Å². The topological polar surface area (TPSA) is 62.6 Å². The van der Waals surface area contributed by atoms with Crippen LogP contribution < -0.4 is 10.2 Å². The summed E-state index contributed by atoms with van der Waals surface area (Å²) >= 11 is 0. The molecule has 2 aliphatic rings. The Balaban J connectivity index is 1.23. The van der Waals surface area contributed by atoms with Crippen LogP contribution in [0.5, 0.6) is 0 Å². The highest BCUT2D eigenvalue weighted by atomic mass is 19.1. The maximum Gasteiger partial charge on any atom is 0.223 e. The van der Waals surface area contributed by atoms with E-state index in [1.807, 2.05) is 36.4 Å². The maximum absolute atomic E-state index is 14.4. The number of nitrogens with zero attached hydrogens (tertiary/aromatic N) is 4. The number of aromatic nitrogens is 2. The Hall–Kier alpha value is -2.97. The first kappa shape index (κ1) is 22.8. The van der Waals surface area contributed by atoms with Gasteiger partial charge in [-0.05, 0) is 31.0 Å². The molecule has 0 bridgehead atoms. The number of amides is 1. The molecule has 2 aromatic carbocycles. The normalized spacial score (nSPS) is 17.9. The summed E-state index contributed by atoms with van der Waals surface area (Å²) in [5.74, 6) is 0.799. The highest BCUT2D eigenvalue weighted by Crippen LogP contribution is 2.28. The van der Waals surface area contributed by atoms with E-state index in [2.05, 4.69) is 19.7 Å². The number of para-hydroxylation sites is 2. The van der Waals surface area contributed by atoms with Crippen LogP contribution in [0.25, 0.3) is 11.0 Å². The van der Waals surface area contributed by atoms with Gasteiger partial charge in [0.15, 0.2) is 0 Å².